The summed E-state index contributed by atoms with van der Waals surface area (Å²) >= 11 is 1.52. The molecule has 0 radical (unpaired) electrons. The third-order valence-electron chi connectivity index (χ3n) is 1.22. The Kier molecular flexibility index (Phi) is 5.61. The molecule has 6 heteroatoms. The van der Waals surface area contributed by atoms with E-state index in [4.69, 9.17) is 0 Å². The van der Waals surface area contributed by atoms with Gasteiger partial charge in [0.1, 0.15) is 5.82 Å². The van der Waals surface area contributed by atoms with Crippen molar-refractivity contribution in [2.24, 2.45) is 0 Å². The number of carbonyl (C=O) groups excluding carboxylic acids is 1. The zero-order valence-corrected chi connectivity index (χ0v) is 9.09. The molecule has 1 aromatic rings. The molecule has 0 unspecified atom stereocenters. The zero-order valence-electron chi connectivity index (χ0n) is 7.46. The average Bonchev–Trinajstić information content (AvgIpc) is 2.36. The van der Waals surface area contributed by atoms with Crippen LogP contribution in [0.2, 0.25) is 0 Å². The van der Waals surface area contributed by atoms with Crippen molar-refractivity contribution in [2.45, 2.75) is 6.92 Å². The number of hydrogen-bond acceptors (Lipinski definition) is 4. The first-order chi connectivity index (χ1) is 5.72. The SMILES string of the molecule is CNCC(=O)Nc1csc(C)n1.Cl. The fourth-order valence-corrected chi connectivity index (χ4v) is 1.31. The third kappa shape index (κ3) is 4.21. The number of amides is 1. The Morgan fingerprint density at radius 2 is 2.38 bits per heavy atom. The number of aromatic nitrogens is 1. The normalized spacial score (nSPS) is 9.08. The second-order valence-corrected chi connectivity index (χ2v) is 3.39. The molecular formula is C7H12ClN3OS. The molecule has 2 N–H and O–H groups in total. The van der Waals surface area contributed by atoms with Gasteiger partial charge in [-0.3, -0.25) is 4.79 Å². The highest BCUT2D eigenvalue weighted by atomic mass is 35.5. The summed E-state index contributed by atoms with van der Waals surface area (Å²) in [5.41, 5.74) is 0. The monoisotopic (exact) mass is 221 g/mol. The van der Waals surface area contributed by atoms with Crippen molar-refractivity contribution in [3.8, 4) is 0 Å². The summed E-state index contributed by atoms with van der Waals surface area (Å²) in [6.07, 6.45) is 0. The van der Waals surface area contributed by atoms with Gasteiger partial charge in [0.25, 0.3) is 0 Å². The van der Waals surface area contributed by atoms with E-state index in [2.05, 4.69) is 15.6 Å². The van der Waals surface area contributed by atoms with Crippen molar-refractivity contribution in [1.29, 1.82) is 0 Å². The van der Waals surface area contributed by atoms with Gasteiger partial charge >= 0.3 is 0 Å². The van der Waals surface area contributed by atoms with Crippen molar-refractivity contribution >= 4 is 35.5 Å². The molecule has 0 bridgehead atoms. The molecule has 0 saturated heterocycles. The van der Waals surface area contributed by atoms with E-state index in [1.165, 1.54) is 11.3 Å². The van der Waals surface area contributed by atoms with E-state index in [1.807, 2.05) is 12.3 Å². The number of nitrogens with zero attached hydrogens (tertiary/aromatic N) is 1. The number of hydrogen-bond donors (Lipinski definition) is 2. The van der Waals surface area contributed by atoms with Crippen molar-refractivity contribution in [2.75, 3.05) is 18.9 Å². The minimum Gasteiger partial charge on any atom is -0.311 e. The number of likely N-dealkylation sites (N-methyl/N-ethyl adjacent to an activating group) is 1. The van der Waals surface area contributed by atoms with Gasteiger partial charge in [-0.2, -0.15) is 0 Å². The quantitative estimate of drug-likeness (QED) is 0.802. The van der Waals surface area contributed by atoms with Gasteiger partial charge in [0.05, 0.1) is 11.6 Å². The molecule has 0 aliphatic heterocycles. The molecule has 0 atom stereocenters. The predicted octanol–water partition coefficient (Wildman–Crippen LogP) is 1.03. The van der Waals surface area contributed by atoms with Gasteiger partial charge in [0.2, 0.25) is 5.91 Å². The summed E-state index contributed by atoms with van der Waals surface area (Å²) in [5, 5.41) is 8.20. The highest BCUT2D eigenvalue weighted by Gasteiger charge is 2.02. The second kappa shape index (κ2) is 5.90. The minimum atomic E-state index is -0.0669. The van der Waals surface area contributed by atoms with Gasteiger partial charge < -0.3 is 10.6 Å². The van der Waals surface area contributed by atoms with E-state index in [0.29, 0.717) is 12.4 Å². The van der Waals surface area contributed by atoms with Gasteiger partial charge in [-0.15, -0.1) is 23.7 Å². The van der Waals surface area contributed by atoms with Crippen LogP contribution in [-0.2, 0) is 4.79 Å². The van der Waals surface area contributed by atoms with Crippen LogP contribution >= 0.6 is 23.7 Å². The summed E-state index contributed by atoms with van der Waals surface area (Å²) < 4.78 is 0. The van der Waals surface area contributed by atoms with Gasteiger partial charge in [0, 0.05) is 5.38 Å². The smallest absolute Gasteiger partial charge is 0.239 e. The molecule has 1 rings (SSSR count). The van der Waals surface area contributed by atoms with Gasteiger partial charge in [-0.1, -0.05) is 0 Å². The lowest BCUT2D eigenvalue weighted by Gasteiger charge is -1.99. The van der Waals surface area contributed by atoms with Crippen LogP contribution in [0.15, 0.2) is 5.38 Å². The predicted molar refractivity (Wildman–Crippen MR) is 56.7 cm³/mol. The van der Waals surface area contributed by atoms with Crippen LogP contribution in [0.1, 0.15) is 5.01 Å². The molecule has 0 fully saturated rings. The lowest BCUT2D eigenvalue weighted by molar-refractivity contribution is -0.115. The minimum absolute atomic E-state index is 0. The number of thiazole rings is 1. The Balaban J connectivity index is 0.00000144. The molecule has 0 aliphatic carbocycles. The van der Waals surface area contributed by atoms with E-state index in [9.17, 15) is 4.79 Å². The molecule has 0 aliphatic rings. The summed E-state index contributed by atoms with van der Waals surface area (Å²) in [4.78, 5) is 15.1. The number of rotatable bonds is 3. The van der Waals surface area contributed by atoms with Crippen LogP contribution in [-0.4, -0.2) is 24.5 Å². The topological polar surface area (TPSA) is 54.0 Å². The molecule has 1 amide bonds. The van der Waals surface area contributed by atoms with Crippen LogP contribution in [0.4, 0.5) is 5.82 Å². The third-order valence-corrected chi connectivity index (χ3v) is 2.00. The number of aryl methyl sites for hydroxylation is 1. The first-order valence-corrected chi connectivity index (χ1v) is 4.47. The number of halogens is 1. The maximum Gasteiger partial charge on any atom is 0.239 e. The van der Waals surface area contributed by atoms with Crippen LogP contribution in [0.5, 0.6) is 0 Å². The molecular weight excluding hydrogens is 210 g/mol. The van der Waals surface area contributed by atoms with Gasteiger partial charge in [-0.05, 0) is 14.0 Å². The van der Waals surface area contributed by atoms with E-state index in [0.717, 1.165) is 5.01 Å². The highest BCUT2D eigenvalue weighted by Crippen LogP contribution is 2.11. The first kappa shape index (κ1) is 12.3. The van der Waals surface area contributed by atoms with Crippen LogP contribution in [0.3, 0.4) is 0 Å². The Labute approximate surface area is 87.2 Å². The maximum atomic E-state index is 11.0. The summed E-state index contributed by atoms with van der Waals surface area (Å²) in [6.45, 7) is 2.22. The molecule has 4 nitrogen and oxygen atoms in total. The number of anilines is 1. The molecule has 1 aromatic heterocycles. The number of nitrogens with one attached hydrogen (secondary N) is 2. The zero-order chi connectivity index (χ0) is 8.97. The Hall–Kier alpha value is -0.650. The summed E-state index contributed by atoms with van der Waals surface area (Å²) in [7, 11) is 1.73. The fourth-order valence-electron chi connectivity index (χ4n) is 0.768. The molecule has 74 valence electrons. The molecule has 0 spiro atoms. The Morgan fingerprint density at radius 1 is 1.69 bits per heavy atom. The van der Waals surface area contributed by atoms with E-state index >= 15 is 0 Å². The van der Waals surface area contributed by atoms with Gasteiger partial charge in [-0.25, -0.2) is 4.98 Å². The Morgan fingerprint density at radius 3 is 2.85 bits per heavy atom. The Bertz CT molecular complexity index is 276. The van der Waals surface area contributed by atoms with Crippen molar-refractivity contribution in [3.63, 3.8) is 0 Å². The highest BCUT2D eigenvalue weighted by molar-refractivity contribution is 7.09. The van der Waals surface area contributed by atoms with E-state index in [1.54, 1.807) is 7.05 Å². The van der Waals surface area contributed by atoms with Crippen LogP contribution < -0.4 is 10.6 Å². The van der Waals surface area contributed by atoms with Crippen molar-refractivity contribution in [1.82, 2.24) is 10.3 Å². The summed E-state index contributed by atoms with van der Waals surface area (Å²) in [6, 6.07) is 0. The van der Waals surface area contributed by atoms with Crippen molar-refractivity contribution in [3.05, 3.63) is 10.4 Å². The average molecular weight is 222 g/mol. The van der Waals surface area contributed by atoms with E-state index < -0.39 is 0 Å². The van der Waals surface area contributed by atoms with Crippen molar-refractivity contribution < 1.29 is 4.79 Å². The second-order valence-electron chi connectivity index (χ2n) is 2.33. The molecule has 1 heterocycles. The maximum absolute atomic E-state index is 11.0. The van der Waals surface area contributed by atoms with Crippen LogP contribution in [0, 0.1) is 6.92 Å². The molecule has 13 heavy (non-hydrogen) atoms. The molecule has 0 aromatic carbocycles. The van der Waals surface area contributed by atoms with Gasteiger partial charge in [0.15, 0.2) is 0 Å². The summed E-state index contributed by atoms with van der Waals surface area (Å²) in [5.74, 6) is 0.570. The lowest BCUT2D eigenvalue weighted by atomic mass is 10.5. The largest absolute Gasteiger partial charge is 0.311 e. The molecule has 0 saturated carbocycles. The number of carbonyl (C=O) groups is 1. The lowest BCUT2D eigenvalue weighted by Crippen LogP contribution is -2.25. The van der Waals surface area contributed by atoms with Crippen LogP contribution in [0.25, 0.3) is 0 Å². The standard InChI is InChI=1S/C7H11N3OS.ClH/c1-5-9-6(4-12-5)10-7(11)3-8-2;/h4,8H,3H2,1-2H3,(H,10,11);1H. The van der Waals surface area contributed by atoms with E-state index in [-0.39, 0.29) is 18.3 Å². The fraction of sp³-hybridized carbons (Fsp3) is 0.429. The first-order valence-electron chi connectivity index (χ1n) is 3.59.